The Labute approximate surface area is 159 Å². The number of nitrogens with zero attached hydrogens (tertiary/aromatic N) is 1. The van der Waals surface area contributed by atoms with Gasteiger partial charge in [0, 0.05) is 25.2 Å². The van der Waals surface area contributed by atoms with Gasteiger partial charge in [0.25, 0.3) is 5.91 Å². The molecule has 25 heavy (non-hydrogen) atoms. The highest BCUT2D eigenvalue weighted by Gasteiger charge is 2.21. The highest BCUT2D eigenvalue weighted by molar-refractivity contribution is 7.12. The number of carbonyl (C=O) groups excluding carboxylic acids is 2. The Hall–Kier alpha value is -1.69. The average molecular weight is 381 g/mol. The van der Waals surface area contributed by atoms with Gasteiger partial charge in [0.1, 0.15) is 0 Å². The molecule has 4 nitrogen and oxygen atoms in total. The number of benzene rings is 1. The highest BCUT2D eigenvalue weighted by Crippen LogP contribution is 2.19. The normalized spacial score (nSPS) is 11.7. The largest absolute Gasteiger partial charge is 0.342 e. The zero-order chi connectivity index (χ0) is 17.7. The first-order chi connectivity index (χ1) is 11.4. The van der Waals surface area contributed by atoms with Crippen molar-refractivity contribution in [3.05, 3.63) is 57.8 Å². The standard InChI is InChI=1S/C19H24N2O2S.ClH/c1-13(2)16(20)10-11-21(3)19(23)15-8-5-4-7-14(15)18(22)17-9-6-12-24-17;/h4-9,12-13,16H,10-11,20H2,1-3H3;1H. The molecular formula is C19H25ClN2O2S. The molecule has 0 fully saturated rings. The monoisotopic (exact) mass is 380 g/mol. The van der Waals surface area contributed by atoms with Crippen molar-refractivity contribution in [3.63, 3.8) is 0 Å². The summed E-state index contributed by atoms with van der Waals surface area (Å²) in [6.45, 7) is 4.71. The number of amides is 1. The van der Waals surface area contributed by atoms with Crippen molar-refractivity contribution in [2.45, 2.75) is 26.3 Å². The van der Waals surface area contributed by atoms with E-state index in [1.54, 1.807) is 42.3 Å². The smallest absolute Gasteiger partial charge is 0.254 e. The summed E-state index contributed by atoms with van der Waals surface area (Å²) in [6, 6.07) is 10.7. The van der Waals surface area contributed by atoms with E-state index in [1.807, 2.05) is 11.4 Å². The predicted octanol–water partition coefficient (Wildman–Crippen LogP) is 3.85. The van der Waals surface area contributed by atoms with E-state index < -0.39 is 0 Å². The molecule has 136 valence electrons. The first kappa shape index (κ1) is 21.4. The van der Waals surface area contributed by atoms with Gasteiger partial charge in [-0.25, -0.2) is 0 Å². The average Bonchev–Trinajstić information content (AvgIpc) is 3.12. The molecule has 1 amide bonds. The lowest BCUT2D eigenvalue weighted by atomic mass is 10.00. The molecule has 2 rings (SSSR count). The quantitative estimate of drug-likeness (QED) is 0.742. The Morgan fingerprint density at radius 1 is 1.12 bits per heavy atom. The minimum atomic E-state index is -0.147. The maximum atomic E-state index is 12.8. The van der Waals surface area contributed by atoms with Gasteiger partial charge in [-0.1, -0.05) is 38.1 Å². The number of nitrogens with two attached hydrogens (primary N) is 1. The van der Waals surface area contributed by atoms with Gasteiger partial charge in [0.15, 0.2) is 0 Å². The summed E-state index contributed by atoms with van der Waals surface area (Å²) < 4.78 is 0. The van der Waals surface area contributed by atoms with Crippen LogP contribution in [-0.4, -0.2) is 36.2 Å². The number of rotatable bonds is 7. The summed E-state index contributed by atoms with van der Waals surface area (Å²) in [5, 5.41) is 1.86. The molecule has 0 aliphatic carbocycles. The molecule has 1 aromatic carbocycles. The number of halogens is 1. The predicted molar refractivity (Wildman–Crippen MR) is 106 cm³/mol. The van der Waals surface area contributed by atoms with Gasteiger partial charge in [-0.3, -0.25) is 9.59 Å². The molecular weight excluding hydrogens is 356 g/mol. The third kappa shape index (κ3) is 5.39. The minimum absolute atomic E-state index is 0. The van der Waals surface area contributed by atoms with E-state index in [0.717, 1.165) is 6.42 Å². The van der Waals surface area contributed by atoms with Crippen LogP contribution in [-0.2, 0) is 0 Å². The second-order valence-corrected chi connectivity index (χ2v) is 7.22. The lowest BCUT2D eigenvalue weighted by Gasteiger charge is -2.22. The van der Waals surface area contributed by atoms with E-state index in [4.69, 9.17) is 5.73 Å². The summed E-state index contributed by atoms with van der Waals surface area (Å²) >= 11 is 1.38. The third-order valence-corrected chi connectivity index (χ3v) is 5.02. The van der Waals surface area contributed by atoms with Gasteiger partial charge in [-0.05, 0) is 29.9 Å². The molecule has 0 bridgehead atoms. The zero-order valence-corrected chi connectivity index (χ0v) is 16.4. The second-order valence-electron chi connectivity index (χ2n) is 6.28. The molecule has 0 saturated heterocycles. The Morgan fingerprint density at radius 2 is 1.76 bits per heavy atom. The Bertz CT molecular complexity index is 701. The van der Waals surface area contributed by atoms with Gasteiger partial charge in [0.05, 0.1) is 10.4 Å². The van der Waals surface area contributed by atoms with Crippen molar-refractivity contribution >= 4 is 35.4 Å². The van der Waals surface area contributed by atoms with Crippen LogP contribution >= 0.6 is 23.7 Å². The van der Waals surface area contributed by atoms with Crippen LogP contribution in [0, 0.1) is 5.92 Å². The highest BCUT2D eigenvalue weighted by atomic mass is 35.5. The molecule has 2 N–H and O–H groups in total. The van der Waals surface area contributed by atoms with E-state index in [2.05, 4.69) is 13.8 Å². The molecule has 1 aromatic heterocycles. The Kier molecular flexibility index (Phi) is 8.29. The fourth-order valence-corrected chi connectivity index (χ4v) is 3.07. The zero-order valence-electron chi connectivity index (χ0n) is 14.8. The molecule has 1 atom stereocenters. The van der Waals surface area contributed by atoms with Gasteiger partial charge < -0.3 is 10.6 Å². The maximum absolute atomic E-state index is 12.8. The number of hydrogen-bond donors (Lipinski definition) is 1. The van der Waals surface area contributed by atoms with Crippen LogP contribution < -0.4 is 5.73 Å². The Morgan fingerprint density at radius 3 is 2.32 bits per heavy atom. The van der Waals surface area contributed by atoms with Crippen LogP contribution in [0.4, 0.5) is 0 Å². The van der Waals surface area contributed by atoms with Crippen LogP contribution in [0.2, 0.25) is 0 Å². The summed E-state index contributed by atoms with van der Waals surface area (Å²) in [5.41, 5.74) is 6.95. The number of hydrogen-bond acceptors (Lipinski definition) is 4. The number of carbonyl (C=O) groups is 2. The van der Waals surface area contributed by atoms with Gasteiger partial charge in [-0.2, -0.15) is 0 Å². The lowest BCUT2D eigenvalue weighted by molar-refractivity contribution is 0.0784. The van der Waals surface area contributed by atoms with E-state index in [-0.39, 0.29) is 30.1 Å². The van der Waals surface area contributed by atoms with Crippen LogP contribution in [0.1, 0.15) is 45.9 Å². The molecule has 0 radical (unpaired) electrons. The molecule has 0 saturated carbocycles. The van der Waals surface area contributed by atoms with Crippen LogP contribution in [0.3, 0.4) is 0 Å². The lowest BCUT2D eigenvalue weighted by Crippen LogP contribution is -2.35. The van der Waals surface area contributed by atoms with E-state index >= 15 is 0 Å². The third-order valence-electron chi connectivity index (χ3n) is 4.15. The van der Waals surface area contributed by atoms with Gasteiger partial charge >= 0.3 is 0 Å². The van der Waals surface area contributed by atoms with Crippen molar-refractivity contribution in [1.82, 2.24) is 4.90 Å². The fourth-order valence-electron chi connectivity index (χ4n) is 2.39. The fraction of sp³-hybridized carbons (Fsp3) is 0.368. The van der Waals surface area contributed by atoms with Crippen molar-refractivity contribution in [1.29, 1.82) is 0 Å². The van der Waals surface area contributed by atoms with E-state index in [9.17, 15) is 9.59 Å². The summed E-state index contributed by atoms with van der Waals surface area (Å²) in [6.07, 6.45) is 0.737. The topological polar surface area (TPSA) is 63.4 Å². The SMILES string of the molecule is CC(C)C(N)CCN(C)C(=O)c1ccccc1C(=O)c1cccs1.Cl. The molecule has 0 aliphatic heterocycles. The molecule has 1 unspecified atom stereocenters. The first-order valence-electron chi connectivity index (χ1n) is 8.10. The summed E-state index contributed by atoms with van der Waals surface area (Å²) in [4.78, 5) is 27.7. The van der Waals surface area contributed by atoms with Crippen LogP contribution in [0.25, 0.3) is 0 Å². The summed E-state index contributed by atoms with van der Waals surface area (Å²) in [5.74, 6) is 0.119. The van der Waals surface area contributed by atoms with Crippen molar-refractivity contribution in [2.75, 3.05) is 13.6 Å². The molecule has 0 spiro atoms. The number of ketones is 1. The maximum Gasteiger partial charge on any atom is 0.254 e. The van der Waals surface area contributed by atoms with Crippen molar-refractivity contribution < 1.29 is 9.59 Å². The van der Waals surface area contributed by atoms with Gasteiger partial charge in [0.2, 0.25) is 5.78 Å². The van der Waals surface area contributed by atoms with E-state index in [1.165, 1.54) is 11.3 Å². The molecule has 2 aromatic rings. The van der Waals surface area contributed by atoms with Gasteiger partial charge in [-0.15, -0.1) is 23.7 Å². The summed E-state index contributed by atoms with van der Waals surface area (Å²) in [7, 11) is 1.75. The van der Waals surface area contributed by atoms with Crippen molar-refractivity contribution in [2.24, 2.45) is 11.7 Å². The molecule has 6 heteroatoms. The molecule has 1 heterocycles. The first-order valence-corrected chi connectivity index (χ1v) is 8.98. The van der Waals surface area contributed by atoms with Crippen LogP contribution in [0.5, 0.6) is 0 Å². The molecule has 0 aliphatic rings. The van der Waals surface area contributed by atoms with E-state index in [0.29, 0.717) is 28.5 Å². The minimum Gasteiger partial charge on any atom is -0.342 e. The second kappa shape index (κ2) is 9.70. The van der Waals surface area contributed by atoms with Crippen LogP contribution in [0.15, 0.2) is 41.8 Å². The Balaban J connectivity index is 0.00000312. The van der Waals surface area contributed by atoms with Crippen molar-refractivity contribution in [3.8, 4) is 0 Å². The number of thiophene rings is 1.